The second kappa shape index (κ2) is 8.37. The molecule has 30 heavy (non-hydrogen) atoms. The highest BCUT2D eigenvalue weighted by atomic mass is 16.5. The van der Waals surface area contributed by atoms with E-state index in [-0.39, 0.29) is 37.1 Å². The van der Waals surface area contributed by atoms with Gasteiger partial charge in [0.15, 0.2) is 0 Å². The van der Waals surface area contributed by atoms with Gasteiger partial charge in [-0.2, -0.15) is 0 Å². The number of imide groups is 1. The van der Waals surface area contributed by atoms with Crippen molar-refractivity contribution in [2.45, 2.75) is 25.9 Å². The summed E-state index contributed by atoms with van der Waals surface area (Å²) in [6, 6.07) is 18.9. The maximum atomic E-state index is 12.5. The Morgan fingerprint density at radius 1 is 0.900 bits per heavy atom. The molecule has 1 heterocycles. The topological polar surface area (TPSA) is 75.7 Å². The van der Waals surface area contributed by atoms with Gasteiger partial charge in [0.1, 0.15) is 5.75 Å². The summed E-state index contributed by atoms with van der Waals surface area (Å²) in [6.45, 7) is 0.667. The molecule has 0 spiro atoms. The monoisotopic (exact) mass is 402 g/mol. The van der Waals surface area contributed by atoms with Crippen molar-refractivity contribution in [2.24, 2.45) is 0 Å². The molecule has 4 rings (SSSR count). The molecular formula is C24H22N2O4. The summed E-state index contributed by atoms with van der Waals surface area (Å²) in [5.41, 5.74) is 2.35. The molecule has 6 heteroatoms. The fourth-order valence-electron chi connectivity index (χ4n) is 3.54. The first-order valence-corrected chi connectivity index (χ1v) is 9.80. The lowest BCUT2D eigenvalue weighted by atomic mass is 10.1. The van der Waals surface area contributed by atoms with Crippen LogP contribution in [0.2, 0.25) is 0 Å². The summed E-state index contributed by atoms with van der Waals surface area (Å²) in [7, 11) is 1.64. The summed E-state index contributed by atoms with van der Waals surface area (Å²) < 4.78 is 5.24. The number of rotatable bonds is 6. The molecule has 0 aromatic heterocycles. The Kier molecular flexibility index (Phi) is 5.48. The molecule has 1 saturated heterocycles. The fraction of sp³-hybridized carbons (Fsp3) is 0.208. The largest absolute Gasteiger partial charge is 0.497 e. The summed E-state index contributed by atoms with van der Waals surface area (Å²) in [5, 5.41) is 5.09. The van der Waals surface area contributed by atoms with Crippen molar-refractivity contribution in [2.75, 3.05) is 7.11 Å². The van der Waals surface area contributed by atoms with Crippen molar-refractivity contribution in [3.05, 3.63) is 77.4 Å². The molecule has 0 radical (unpaired) electrons. The first-order valence-electron chi connectivity index (χ1n) is 9.80. The lowest BCUT2D eigenvalue weighted by molar-refractivity contribution is -0.139. The van der Waals surface area contributed by atoms with Gasteiger partial charge in [-0.05, 0) is 52.2 Å². The SMILES string of the molecule is COc1ccc2cc(CNC(=O)c3ccc(CN4C(=O)CCC4=O)cc3)ccc2c1. The molecule has 3 aromatic carbocycles. The van der Waals surface area contributed by atoms with E-state index < -0.39 is 0 Å². The number of benzene rings is 3. The maximum Gasteiger partial charge on any atom is 0.251 e. The second-order valence-electron chi connectivity index (χ2n) is 7.30. The molecule has 152 valence electrons. The molecule has 0 saturated carbocycles. The zero-order chi connectivity index (χ0) is 21.1. The van der Waals surface area contributed by atoms with Crippen LogP contribution < -0.4 is 10.1 Å². The Balaban J connectivity index is 1.37. The fourth-order valence-corrected chi connectivity index (χ4v) is 3.54. The van der Waals surface area contributed by atoms with E-state index in [0.29, 0.717) is 12.1 Å². The van der Waals surface area contributed by atoms with Crippen LogP contribution in [-0.4, -0.2) is 29.7 Å². The zero-order valence-corrected chi connectivity index (χ0v) is 16.7. The average Bonchev–Trinajstić information content (AvgIpc) is 3.09. The van der Waals surface area contributed by atoms with Crippen molar-refractivity contribution in [3.63, 3.8) is 0 Å². The highest BCUT2D eigenvalue weighted by Crippen LogP contribution is 2.22. The summed E-state index contributed by atoms with van der Waals surface area (Å²) in [6.07, 6.45) is 0.559. The average molecular weight is 402 g/mol. The van der Waals surface area contributed by atoms with Crippen LogP contribution in [0.1, 0.15) is 34.3 Å². The molecule has 0 bridgehead atoms. The lowest BCUT2D eigenvalue weighted by Gasteiger charge is -2.14. The number of fused-ring (bicyclic) bond motifs is 1. The van der Waals surface area contributed by atoms with Gasteiger partial charge in [-0.1, -0.05) is 30.3 Å². The number of hydrogen-bond acceptors (Lipinski definition) is 4. The predicted molar refractivity (Wildman–Crippen MR) is 113 cm³/mol. The van der Waals surface area contributed by atoms with Crippen LogP contribution >= 0.6 is 0 Å². The molecule has 1 aliphatic rings. The van der Waals surface area contributed by atoms with Gasteiger partial charge in [0.25, 0.3) is 5.91 Å². The van der Waals surface area contributed by atoms with E-state index in [1.807, 2.05) is 36.4 Å². The van der Waals surface area contributed by atoms with Gasteiger partial charge >= 0.3 is 0 Å². The smallest absolute Gasteiger partial charge is 0.251 e. The van der Waals surface area contributed by atoms with Crippen LogP contribution in [-0.2, 0) is 22.7 Å². The molecule has 0 aliphatic carbocycles. The van der Waals surface area contributed by atoms with E-state index in [1.54, 1.807) is 31.4 Å². The van der Waals surface area contributed by atoms with Crippen LogP contribution in [0.5, 0.6) is 5.75 Å². The number of carbonyl (C=O) groups is 3. The number of nitrogens with zero attached hydrogens (tertiary/aromatic N) is 1. The van der Waals surface area contributed by atoms with Crippen molar-refractivity contribution >= 4 is 28.5 Å². The highest BCUT2D eigenvalue weighted by Gasteiger charge is 2.28. The number of likely N-dealkylation sites (tertiary alicyclic amines) is 1. The van der Waals surface area contributed by atoms with E-state index >= 15 is 0 Å². The Morgan fingerprint density at radius 2 is 1.53 bits per heavy atom. The maximum absolute atomic E-state index is 12.5. The number of hydrogen-bond donors (Lipinski definition) is 1. The van der Waals surface area contributed by atoms with Crippen LogP contribution in [0.4, 0.5) is 0 Å². The van der Waals surface area contributed by atoms with Crippen molar-refractivity contribution in [1.29, 1.82) is 0 Å². The van der Waals surface area contributed by atoms with Gasteiger partial charge < -0.3 is 10.1 Å². The number of carbonyl (C=O) groups excluding carboxylic acids is 3. The van der Waals surface area contributed by atoms with Gasteiger partial charge in [0.05, 0.1) is 13.7 Å². The third kappa shape index (κ3) is 4.17. The molecular weight excluding hydrogens is 380 g/mol. The van der Waals surface area contributed by atoms with Crippen LogP contribution in [0, 0.1) is 0 Å². The Hall–Kier alpha value is -3.67. The van der Waals surface area contributed by atoms with Gasteiger partial charge in [0.2, 0.25) is 11.8 Å². The van der Waals surface area contributed by atoms with Crippen molar-refractivity contribution in [1.82, 2.24) is 10.2 Å². The Morgan fingerprint density at radius 3 is 2.23 bits per heavy atom. The van der Waals surface area contributed by atoms with Gasteiger partial charge in [-0.3, -0.25) is 19.3 Å². The van der Waals surface area contributed by atoms with Crippen LogP contribution in [0.15, 0.2) is 60.7 Å². The van der Waals surface area contributed by atoms with Crippen LogP contribution in [0.25, 0.3) is 10.8 Å². The van der Waals surface area contributed by atoms with E-state index in [2.05, 4.69) is 5.32 Å². The number of ether oxygens (including phenoxy) is 1. The van der Waals surface area contributed by atoms with Gasteiger partial charge in [-0.25, -0.2) is 0 Å². The zero-order valence-electron chi connectivity index (χ0n) is 16.7. The number of nitrogens with one attached hydrogen (secondary N) is 1. The number of amides is 3. The second-order valence-corrected chi connectivity index (χ2v) is 7.30. The quantitative estimate of drug-likeness (QED) is 0.641. The summed E-state index contributed by atoms with van der Waals surface area (Å²) in [4.78, 5) is 37.2. The molecule has 1 aliphatic heterocycles. The van der Waals surface area contributed by atoms with E-state index in [1.165, 1.54) is 4.90 Å². The molecule has 1 N–H and O–H groups in total. The van der Waals surface area contributed by atoms with E-state index in [0.717, 1.165) is 27.6 Å². The number of methoxy groups -OCH3 is 1. The van der Waals surface area contributed by atoms with E-state index in [9.17, 15) is 14.4 Å². The van der Waals surface area contributed by atoms with Crippen molar-refractivity contribution in [3.8, 4) is 5.75 Å². The first-order chi connectivity index (χ1) is 14.5. The molecule has 6 nitrogen and oxygen atoms in total. The third-order valence-corrected chi connectivity index (χ3v) is 5.28. The minimum absolute atomic E-state index is 0.143. The molecule has 3 amide bonds. The standard InChI is InChI=1S/C24H22N2O4/c1-30-21-9-8-19-12-17(4-7-20(19)13-21)14-25-24(29)18-5-2-16(3-6-18)15-26-22(27)10-11-23(26)28/h2-9,12-13H,10-11,14-15H2,1H3,(H,25,29). The molecule has 0 unspecified atom stereocenters. The van der Waals surface area contributed by atoms with Crippen LogP contribution in [0.3, 0.4) is 0 Å². The molecule has 3 aromatic rings. The minimum atomic E-state index is -0.176. The van der Waals surface area contributed by atoms with Crippen molar-refractivity contribution < 1.29 is 19.1 Å². The third-order valence-electron chi connectivity index (χ3n) is 5.28. The predicted octanol–water partition coefficient (Wildman–Crippen LogP) is 3.43. The van der Waals surface area contributed by atoms with Gasteiger partial charge in [0, 0.05) is 24.9 Å². The molecule has 1 fully saturated rings. The highest BCUT2D eigenvalue weighted by molar-refractivity contribution is 6.01. The summed E-state index contributed by atoms with van der Waals surface area (Å²) >= 11 is 0. The summed E-state index contributed by atoms with van der Waals surface area (Å²) in [5.74, 6) is 0.349. The first kappa shape index (κ1) is 19.6. The Labute approximate surface area is 174 Å². The molecule has 0 atom stereocenters. The van der Waals surface area contributed by atoms with Gasteiger partial charge in [-0.15, -0.1) is 0 Å². The van der Waals surface area contributed by atoms with E-state index in [4.69, 9.17) is 4.74 Å². The lowest BCUT2D eigenvalue weighted by Crippen LogP contribution is -2.28. The Bertz CT molecular complexity index is 1110. The minimum Gasteiger partial charge on any atom is -0.497 e. The normalized spacial score (nSPS) is 13.7.